The van der Waals surface area contributed by atoms with Crippen LogP contribution >= 0.6 is 27.5 Å². The molecular weight excluding hydrogens is 662 g/mol. The fraction of sp³-hybridized carbons (Fsp3) is 0.235. The fourth-order valence-corrected chi connectivity index (χ4v) is 6.58. The maximum Gasteiger partial charge on any atom is 0.264 e. The number of amides is 2. The molecule has 1 unspecified atom stereocenters. The molecule has 0 saturated heterocycles. The Morgan fingerprint density at radius 2 is 1.55 bits per heavy atom. The molecule has 0 aliphatic carbocycles. The van der Waals surface area contributed by atoms with Gasteiger partial charge in [0.1, 0.15) is 12.6 Å². The van der Waals surface area contributed by atoms with Gasteiger partial charge in [-0.3, -0.25) is 13.9 Å². The quantitative estimate of drug-likeness (QED) is 0.179. The standard InChI is InChI=1S/C34H35BrClN3O4S/c1-4-37-34(41)32(20-26-8-6-5-7-9-26)38(22-27-13-15-28(35)16-14-27)33(40)23-39(29-17-12-25(3)31(36)21-29)44(42,43)30-18-10-24(2)11-19-30/h5-19,21,32H,4,20,22-23H2,1-3H3,(H,37,41). The van der Waals surface area contributed by atoms with Gasteiger partial charge in [0.25, 0.3) is 10.0 Å². The van der Waals surface area contributed by atoms with E-state index in [9.17, 15) is 18.0 Å². The lowest BCUT2D eigenvalue weighted by atomic mass is 10.0. The molecule has 0 heterocycles. The highest BCUT2D eigenvalue weighted by Gasteiger charge is 2.34. The zero-order chi connectivity index (χ0) is 31.9. The summed E-state index contributed by atoms with van der Waals surface area (Å²) >= 11 is 9.88. The van der Waals surface area contributed by atoms with Crippen LogP contribution in [0.5, 0.6) is 0 Å². The summed E-state index contributed by atoms with van der Waals surface area (Å²) in [5.74, 6) is -0.861. The summed E-state index contributed by atoms with van der Waals surface area (Å²) in [6, 6.07) is 27.3. The summed E-state index contributed by atoms with van der Waals surface area (Å²) in [5.41, 5.74) is 3.57. The van der Waals surface area contributed by atoms with Crippen LogP contribution in [-0.2, 0) is 32.6 Å². The minimum atomic E-state index is -4.20. The van der Waals surface area contributed by atoms with Gasteiger partial charge in [0.15, 0.2) is 0 Å². The Hall–Kier alpha value is -3.66. The molecule has 0 saturated carbocycles. The minimum absolute atomic E-state index is 0.0385. The molecule has 0 aliphatic rings. The van der Waals surface area contributed by atoms with E-state index in [4.69, 9.17) is 11.6 Å². The maximum atomic E-state index is 14.4. The number of likely N-dealkylation sites (N-methyl/N-ethyl adjacent to an activating group) is 1. The predicted molar refractivity (Wildman–Crippen MR) is 179 cm³/mol. The third-order valence-corrected chi connectivity index (χ3v) is 9.94. The molecule has 0 spiro atoms. The van der Waals surface area contributed by atoms with Crippen molar-refractivity contribution in [1.82, 2.24) is 10.2 Å². The van der Waals surface area contributed by atoms with E-state index in [-0.39, 0.29) is 29.5 Å². The second-order valence-electron chi connectivity index (χ2n) is 10.5. The highest BCUT2D eigenvalue weighted by molar-refractivity contribution is 9.10. The van der Waals surface area contributed by atoms with Gasteiger partial charge in [-0.15, -0.1) is 0 Å². The number of hydrogen-bond acceptors (Lipinski definition) is 4. The van der Waals surface area contributed by atoms with Crippen molar-refractivity contribution < 1.29 is 18.0 Å². The number of aryl methyl sites for hydroxylation is 2. The smallest absolute Gasteiger partial charge is 0.264 e. The first-order valence-electron chi connectivity index (χ1n) is 14.2. The van der Waals surface area contributed by atoms with E-state index < -0.39 is 28.5 Å². The first kappa shape index (κ1) is 33.2. The van der Waals surface area contributed by atoms with Crippen molar-refractivity contribution in [3.05, 3.63) is 129 Å². The number of halogens is 2. The fourth-order valence-electron chi connectivity index (χ4n) is 4.74. The van der Waals surface area contributed by atoms with Gasteiger partial charge in [-0.1, -0.05) is 93.8 Å². The third-order valence-electron chi connectivity index (χ3n) is 7.22. The lowest BCUT2D eigenvalue weighted by Crippen LogP contribution is -2.53. The summed E-state index contributed by atoms with van der Waals surface area (Å²) in [6.07, 6.45) is 0.246. The van der Waals surface area contributed by atoms with Crippen LogP contribution in [0.2, 0.25) is 5.02 Å². The van der Waals surface area contributed by atoms with Crippen molar-refractivity contribution in [2.75, 3.05) is 17.4 Å². The Labute approximate surface area is 273 Å². The first-order valence-corrected chi connectivity index (χ1v) is 16.8. The highest BCUT2D eigenvalue weighted by Crippen LogP contribution is 2.29. The summed E-state index contributed by atoms with van der Waals surface area (Å²) in [6.45, 7) is 5.42. The number of sulfonamides is 1. The number of nitrogens with zero attached hydrogens (tertiary/aromatic N) is 2. The van der Waals surface area contributed by atoms with Crippen LogP contribution in [0.25, 0.3) is 0 Å². The van der Waals surface area contributed by atoms with E-state index in [2.05, 4.69) is 21.2 Å². The molecule has 0 radical (unpaired) electrons. The van der Waals surface area contributed by atoms with Crippen LogP contribution in [-0.4, -0.2) is 44.3 Å². The largest absolute Gasteiger partial charge is 0.355 e. The van der Waals surface area contributed by atoms with Crippen LogP contribution in [0.1, 0.15) is 29.2 Å². The lowest BCUT2D eigenvalue weighted by Gasteiger charge is -2.34. The molecule has 10 heteroatoms. The molecule has 230 valence electrons. The molecule has 0 aromatic heterocycles. The van der Waals surface area contributed by atoms with Gasteiger partial charge in [0, 0.05) is 29.0 Å². The van der Waals surface area contributed by atoms with Gasteiger partial charge in [-0.2, -0.15) is 0 Å². The molecule has 4 aromatic rings. The van der Waals surface area contributed by atoms with Gasteiger partial charge in [0.05, 0.1) is 10.6 Å². The molecule has 4 rings (SSSR count). The topological polar surface area (TPSA) is 86.8 Å². The Kier molecular flexibility index (Phi) is 11.2. The SMILES string of the molecule is CCNC(=O)C(Cc1ccccc1)N(Cc1ccc(Br)cc1)C(=O)CN(c1ccc(C)c(Cl)c1)S(=O)(=O)c1ccc(C)cc1. The van der Waals surface area contributed by atoms with Crippen molar-refractivity contribution in [2.45, 2.75) is 44.7 Å². The average Bonchev–Trinajstić information content (AvgIpc) is 3.00. The Morgan fingerprint density at radius 1 is 0.886 bits per heavy atom. The molecule has 1 N–H and O–H groups in total. The van der Waals surface area contributed by atoms with Crippen LogP contribution < -0.4 is 9.62 Å². The first-order chi connectivity index (χ1) is 21.0. The van der Waals surface area contributed by atoms with E-state index in [1.54, 1.807) is 30.3 Å². The molecule has 0 fully saturated rings. The zero-order valence-electron chi connectivity index (χ0n) is 24.8. The monoisotopic (exact) mass is 695 g/mol. The summed E-state index contributed by atoms with van der Waals surface area (Å²) in [7, 11) is -4.20. The molecule has 2 amide bonds. The van der Waals surface area contributed by atoms with Gasteiger partial charge < -0.3 is 10.2 Å². The average molecular weight is 697 g/mol. The Bertz CT molecular complexity index is 1700. The van der Waals surface area contributed by atoms with Gasteiger partial charge in [0.2, 0.25) is 11.8 Å². The molecule has 4 aromatic carbocycles. The molecule has 44 heavy (non-hydrogen) atoms. The molecule has 7 nitrogen and oxygen atoms in total. The third kappa shape index (κ3) is 8.28. The summed E-state index contributed by atoms with van der Waals surface area (Å²) in [4.78, 5) is 29.5. The van der Waals surface area contributed by atoms with Crippen LogP contribution in [0, 0.1) is 13.8 Å². The lowest BCUT2D eigenvalue weighted by molar-refractivity contribution is -0.140. The Morgan fingerprint density at radius 3 is 2.16 bits per heavy atom. The maximum absolute atomic E-state index is 14.4. The predicted octanol–water partition coefficient (Wildman–Crippen LogP) is 6.69. The molecule has 0 bridgehead atoms. The van der Waals surface area contributed by atoms with Gasteiger partial charge >= 0.3 is 0 Å². The van der Waals surface area contributed by atoms with Crippen molar-refractivity contribution in [3.63, 3.8) is 0 Å². The van der Waals surface area contributed by atoms with E-state index >= 15 is 0 Å². The number of carbonyl (C=O) groups excluding carboxylic acids is 2. The number of hydrogen-bond donors (Lipinski definition) is 1. The van der Waals surface area contributed by atoms with E-state index in [0.29, 0.717) is 11.6 Å². The normalized spacial score (nSPS) is 11.9. The number of carbonyl (C=O) groups is 2. The van der Waals surface area contributed by atoms with Crippen LogP contribution in [0.4, 0.5) is 5.69 Å². The van der Waals surface area contributed by atoms with Crippen molar-refractivity contribution in [1.29, 1.82) is 0 Å². The van der Waals surface area contributed by atoms with Crippen molar-refractivity contribution >= 4 is 55.1 Å². The zero-order valence-corrected chi connectivity index (χ0v) is 28.0. The molecular formula is C34H35BrClN3O4S. The van der Waals surface area contributed by atoms with Crippen molar-refractivity contribution in [2.24, 2.45) is 0 Å². The number of anilines is 1. The summed E-state index contributed by atoms with van der Waals surface area (Å²) in [5, 5.41) is 3.24. The second kappa shape index (κ2) is 14.9. The van der Waals surface area contributed by atoms with E-state index in [0.717, 1.165) is 31.0 Å². The molecule has 0 aliphatic heterocycles. The Balaban J connectivity index is 1.81. The summed E-state index contributed by atoms with van der Waals surface area (Å²) < 4.78 is 30.2. The highest BCUT2D eigenvalue weighted by atomic mass is 79.9. The van der Waals surface area contributed by atoms with Crippen LogP contribution in [0.15, 0.2) is 106 Å². The van der Waals surface area contributed by atoms with E-state index in [1.807, 2.05) is 75.4 Å². The van der Waals surface area contributed by atoms with Crippen molar-refractivity contribution in [3.8, 4) is 0 Å². The van der Waals surface area contributed by atoms with Gasteiger partial charge in [-0.05, 0) is 73.9 Å². The van der Waals surface area contributed by atoms with Gasteiger partial charge in [-0.25, -0.2) is 8.42 Å². The number of rotatable bonds is 12. The van der Waals surface area contributed by atoms with Crippen LogP contribution in [0.3, 0.4) is 0 Å². The second-order valence-corrected chi connectivity index (χ2v) is 13.7. The number of nitrogens with one attached hydrogen (secondary N) is 1. The molecule has 1 atom stereocenters. The van der Waals surface area contributed by atoms with E-state index in [1.165, 1.54) is 17.0 Å². The minimum Gasteiger partial charge on any atom is -0.355 e. The number of benzene rings is 4.